The van der Waals surface area contributed by atoms with Gasteiger partial charge in [0.1, 0.15) is 0 Å². The largest absolute Gasteiger partial charge is 0.361 e. The number of benzene rings is 6. The lowest BCUT2D eigenvalue weighted by Gasteiger charge is -2.08. The Labute approximate surface area is 799 Å². The Balaban J connectivity index is 0.000000293. The van der Waals surface area contributed by atoms with Crippen LogP contribution in [0.15, 0.2) is 146 Å². The minimum atomic E-state index is -5.33. The van der Waals surface area contributed by atoms with Crippen LogP contribution in [0.1, 0.15) is 153 Å². The summed E-state index contributed by atoms with van der Waals surface area (Å²) in [6, 6.07) is -12.7. The summed E-state index contributed by atoms with van der Waals surface area (Å²) in [5.74, 6) is 0. The number of aromatic amines is 6. The molecule has 12 rings (SSSR count). The van der Waals surface area contributed by atoms with E-state index in [9.17, 15) is 50.5 Å². The van der Waals surface area contributed by atoms with Crippen molar-refractivity contribution >= 4 is 126 Å². The highest BCUT2D eigenvalue weighted by Crippen LogP contribution is 2.28. The van der Waals surface area contributed by atoms with E-state index in [4.69, 9.17) is 86.4 Å². The molecule has 6 aromatic carbocycles. The maximum atomic E-state index is 12.5. The molecule has 0 spiro atoms. The number of aryl methyl sites for hydroxylation is 3. The Morgan fingerprint density at radius 2 is 0.483 bits per heavy atom. The minimum absolute atomic E-state index is 0.0118. The van der Waals surface area contributed by atoms with Gasteiger partial charge in [0.05, 0.1) is 58.9 Å². The van der Waals surface area contributed by atoms with Crippen molar-refractivity contribution in [1.29, 1.82) is 0 Å². The van der Waals surface area contributed by atoms with Gasteiger partial charge in [-0.2, -0.15) is 0 Å². The molecule has 6 heterocycles. The molecule has 6 aromatic heterocycles. The lowest BCUT2D eigenvalue weighted by Crippen LogP contribution is -2.20. The van der Waals surface area contributed by atoms with Crippen molar-refractivity contribution in [3.8, 4) is 0 Å². The Kier molecular flexibility index (Phi) is 15.8. The van der Waals surface area contributed by atoms with Crippen molar-refractivity contribution in [3.05, 3.63) is 213 Å². The van der Waals surface area contributed by atoms with Crippen LogP contribution in [-0.2, 0) is 133 Å². The van der Waals surface area contributed by atoms with Crippen molar-refractivity contribution in [2.24, 2.45) is 0 Å². The van der Waals surface area contributed by atoms with Crippen LogP contribution >= 0.6 is 0 Å². The van der Waals surface area contributed by atoms with Crippen LogP contribution in [-0.4, -0.2) is 275 Å². The average Bonchev–Trinajstić information content (AvgIpc) is 1.61. The molecule has 0 aliphatic rings. The third-order valence-electron chi connectivity index (χ3n) is 15.4. The van der Waals surface area contributed by atoms with Gasteiger partial charge >= 0.3 is 0 Å². The first kappa shape index (κ1) is 42.0. The van der Waals surface area contributed by atoms with E-state index in [1.807, 2.05) is 28.4 Å². The summed E-state index contributed by atoms with van der Waals surface area (Å²) in [7, 11) is -17.6. The summed E-state index contributed by atoms with van der Waals surface area (Å²) in [5, 5.41) is -0.564. The summed E-state index contributed by atoms with van der Waals surface area (Å²) in [6.07, 6.45) is 6.39. The van der Waals surface area contributed by atoms with Gasteiger partial charge in [-0.3, -0.25) is 0 Å². The molecule has 0 radical (unpaired) electrons. The Bertz CT molecular complexity index is 9150. The fourth-order valence-corrected chi connectivity index (χ4v) is 12.4. The second kappa shape index (κ2) is 45.2. The fraction of sp³-hybridized carbons (Fsp3) is 0.429. The van der Waals surface area contributed by atoms with Crippen LogP contribution in [0.4, 0.5) is 0 Å². The van der Waals surface area contributed by atoms with E-state index in [1.165, 1.54) is 71.2 Å². The highest BCUT2D eigenvalue weighted by Gasteiger charge is 2.19. The number of fused-ring (bicyclic) bond motifs is 6. The number of H-pyrrole nitrogens is 6. The molecule has 0 amide bonds. The van der Waals surface area contributed by atoms with Gasteiger partial charge < -0.3 is 59.3 Å². The molecular weight excluding hydrogens is 1650 g/mol. The molecule has 36 heteroatoms. The van der Waals surface area contributed by atoms with Crippen LogP contribution in [0.5, 0.6) is 0 Å². The summed E-state index contributed by atoms with van der Waals surface area (Å²) >= 11 is 0. The van der Waals surface area contributed by atoms with Gasteiger partial charge in [0.25, 0.3) is 0 Å². The number of rotatable bonds is 36. The number of nitrogens with one attached hydrogen (secondary N) is 12. The zero-order valence-electron chi connectivity index (χ0n) is 128. The zero-order valence-corrected chi connectivity index (χ0v) is 69.8. The number of sulfonamides is 6. The van der Waals surface area contributed by atoms with Crippen LogP contribution < -0.4 is 28.3 Å². The van der Waals surface area contributed by atoms with Crippen molar-refractivity contribution < 1.29 is 137 Å². The number of hydrogen-bond acceptors (Lipinski definition) is 18. The van der Waals surface area contributed by atoms with Gasteiger partial charge in [0, 0.05) is 203 Å². The van der Waals surface area contributed by atoms with Crippen LogP contribution in [0.25, 0.3) is 65.4 Å². The lowest BCUT2D eigenvalue weighted by atomic mass is 10.1. The topological polar surface area (TPSA) is 391 Å². The second-order valence-electron chi connectivity index (χ2n) is 24.9. The van der Waals surface area contributed by atoms with E-state index >= 15 is 0 Å². The number of nitrogens with zero attached hydrogens (tertiary/aromatic N) is 6. The second-order valence-corrected chi connectivity index (χ2v) is 34.0. The van der Waals surface area contributed by atoms with Gasteiger partial charge in [-0.05, 0) is 304 Å². The highest BCUT2D eigenvalue weighted by atomic mass is 32.2. The fourth-order valence-electron chi connectivity index (χ4n) is 9.75. The van der Waals surface area contributed by atoms with E-state index in [1.54, 1.807) is 4.72 Å². The van der Waals surface area contributed by atoms with Gasteiger partial charge in [-0.1, -0.05) is 36.3 Å². The smallest absolute Gasteiger partial charge is 0.215 e. The SMILES string of the molecule is [2H]c1c(C([2H])([2H])S(=O)(=O)NC([2H])([2H])[2H])c([2H])c2c(CCN(C([2H])([2H])[2H])C([2H])([2H])[2H])c[nH]c2c1[2H].[2H]c1c(C([2H])([2H])S(=O)(=O)NC([2H])([2H])[2H])c([2H])c2c(CCN(C)C([2H])([2H])[2H])c[nH]c2c1[2H].[2H]c1c(C([2H])([2H])S(=O)(=O)NC([2H])([2H])[2H])c([2H])c2c(CCN(C)C)c[nH]c2c1[2H].[2H]c1c(C([2H])([2H])S(=O)(=O)NC)c([2H])c2c(CC([2H])([2H])N(C([2H])([2H])[2H])C([2H])([2H])[2H])c[nH]c2c1[2H].[2H]c1c(C([2H])([2H])S(=O)(=O)NC)c([2H])c2c(CC([2H])([2H])N(C)C([2H])([2H])[2H])c[nH]c2c1[2H].[2H]c1c(C([2H])([2H])S(=O)(=O)NC)c([2H])c2c(CC([2H])([2H])N(C)C)c[nH]c2c1[2H]. The molecule has 0 atom stereocenters. The molecule has 0 fully saturated rings. The van der Waals surface area contributed by atoms with Gasteiger partial charge in [0.2, 0.25) is 60.1 Å². The quantitative estimate of drug-likeness (QED) is 0.0177. The number of likely N-dealkylation sites (N-methyl/N-ethyl adjacent to an activating group) is 6. The van der Waals surface area contributed by atoms with Crippen molar-refractivity contribution in [2.45, 2.75) is 72.8 Å². The molecular formula is C84H126N18O12S6. The average molecular weight is 1840 g/mol. The molecule has 0 aliphatic carbocycles. The number of aromatic nitrogens is 6. The van der Waals surface area contributed by atoms with E-state index < -0.39 is 338 Å². The number of hydrogen-bond donors (Lipinski definition) is 12. The third kappa shape index (κ3) is 31.9. The summed E-state index contributed by atoms with van der Waals surface area (Å²) < 4.78 is 646. The first-order chi connectivity index (χ1) is 81.6. The Morgan fingerprint density at radius 1 is 0.275 bits per heavy atom. The first-order valence-corrected chi connectivity index (χ1v) is 42.9. The molecule has 660 valence electrons. The lowest BCUT2D eigenvalue weighted by molar-refractivity contribution is 0.414. The summed E-state index contributed by atoms with van der Waals surface area (Å²) in [6.45, 7) is -34.8. The van der Waals surface area contributed by atoms with E-state index in [0.717, 1.165) is 39.3 Å². The van der Waals surface area contributed by atoms with E-state index in [-0.39, 0.29) is 118 Å². The van der Waals surface area contributed by atoms with Gasteiger partial charge in [-0.15, -0.1) is 0 Å². The van der Waals surface area contributed by atoms with Crippen LogP contribution in [0, 0.1) is 0 Å². The predicted molar refractivity (Wildman–Crippen MR) is 493 cm³/mol. The monoisotopic (exact) mass is 1830 g/mol. The maximum Gasteiger partial charge on any atom is 0.215 e. The summed E-state index contributed by atoms with van der Waals surface area (Å²) in [4.78, 5) is 20.7. The molecule has 120 heavy (non-hydrogen) atoms. The maximum absolute atomic E-state index is 12.5. The summed E-state index contributed by atoms with van der Waals surface area (Å²) in [5.41, 5.74) is -24.9. The van der Waals surface area contributed by atoms with Crippen molar-refractivity contribution in [2.75, 3.05) is 165 Å². The van der Waals surface area contributed by atoms with Crippen molar-refractivity contribution in [3.63, 3.8) is 0 Å². The van der Waals surface area contributed by atoms with Gasteiger partial charge in [0.15, 0.2) is 0 Å². The van der Waals surface area contributed by atoms with E-state index in [0.29, 0.717) is 34.6 Å². The molecule has 0 bridgehead atoms. The molecule has 30 nitrogen and oxygen atoms in total. The Hall–Kier alpha value is -8.22. The van der Waals surface area contributed by atoms with Crippen LogP contribution in [0.3, 0.4) is 0 Å². The molecule has 0 saturated heterocycles. The molecule has 0 saturated carbocycles. The highest BCUT2D eigenvalue weighted by molar-refractivity contribution is 7.90. The van der Waals surface area contributed by atoms with Gasteiger partial charge in [-0.25, -0.2) is 78.8 Å². The Morgan fingerprint density at radius 3 is 0.700 bits per heavy atom. The molecule has 0 unspecified atom stereocenters. The first-order valence-electron chi connectivity index (χ1n) is 65.5. The standard InChI is InChI=1S/6C14H21N3O2S/c6*1-15-20(18,19)10-11-4-5-14-13(8-11)12(9-16-14)6-7-17(2)3/h6*4-5,8-9,15-16H,6-7,10H2,1-3H3/i2D3,3D3,4D,5D,7D2,8D,10D2;1D3,2D3,3D3,4D,5D,8D,10D2;2D3,4D,5D,7D2,8D,10D2;1D3,2D3,4D,5D,8D,10D2;4D,5D,7D2,8D,10D2;1D3,4D,5D,8D,10D2. The third-order valence-corrected chi connectivity index (χ3v) is 20.7. The van der Waals surface area contributed by atoms with Crippen molar-refractivity contribution in [1.82, 2.24) is 87.6 Å². The molecule has 12 aromatic rings. The molecule has 0 aliphatic heterocycles. The normalized spacial score (nSPS) is 22.1. The predicted octanol–water partition coefficient (Wildman–Crippen LogP) is 7.93. The molecule has 12 N–H and O–H groups in total. The zero-order chi connectivity index (χ0) is 143. The van der Waals surface area contributed by atoms with E-state index in [2.05, 4.69) is 29.9 Å². The van der Waals surface area contributed by atoms with Crippen LogP contribution in [0.2, 0.25) is 0 Å². The minimum Gasteiger partial charge on any atom is -0.361 e.